The van der Waals surface area contributed by atoms with Crippen LogP contribution in [0.25, 0.3) is 0 Å². The molecule has 0 aromatic heterocycles. The fraction of sp³-hybridized carbons (Fsp3) is 1.00. The van der Waals surface area contributed by atoms with Gasteiger partial charge in [-0.05, 0) is 65.0 Å². The Morgan fingerprint density at radius 1 is 0.519 bits per heavy atom. The lowest BCUT2D eigenvalue weighted by Gasteiger charge is -2.28. The summed E-state index contributed by atoms with van der Waals surface area (Å²) in [6, 6.07) is 0. The van der Waals surface area contributed by atoms with Crippen molar-refractivity contribution >= 4 is 8.56 Å². The predicted octanol–water partition coefficient (Wildman–Crippen LogP) is 5.53. The van der Waals surface area contributed by atoms with Crippen molar-refractivity contribution in [1.82, 2.24) is 9.80 Å². The highest BCUT2D eigenvalue weighted by molar-refractivity contribution is 6.64. The van der Waals surface area contributed by atoms with Crippen LogP contribution in [0.5, 0.6) is 0 Å². The van der Waals surface area contributed by atoms with Gasteiger partial charge in [-0.2, -0.15) is 0 Å². The standard InChI is InChI=1S/C22H50N2O2Si/c1-7-11-15-23(16-12-8-2)19-21-25-27(5,6)26-22-20-24(17-13-9-3)18-14-10-4/h7-22H2,1-6H3. The number of nitrogens with zero attached hydrogens (tertiary/aromatic N) is 2. The first-order valence-corrected chi connectivity index (χ1v) is 14.5. The third kappa shape index (κ3) is 16.7. The molecule has 0 fully saturated rings. The zero-order valence-corrected chi connectivity index (χ0v) is 20.5. The Bertz CT molecular complexity index is 273. The van der Waals surface area contributed by atoms with Crippen LogP contribution in [0.1, 0.15) is 79.1 Å². The van der Waals surface area contributed by atoms with Gasteiger partial charge in [0, 0.05) is 26.3 Å². The Morgan fingerprint density at radius 3 is 1.07 bits per heavy atom. The van der Waals surface area contributed by atoms with Gasteiger partial charge in [0.1, 0.15) is 0 Å². The Hall–Kier alpha value is 0.0569. The lowest BCUT2D eigenvalue weighted by Crippen LogP contribution is -2.41. The van der Waals surface area contributed by atoms with Crippen LogP contribution >= 0.6 is 0 Å². The lowest BCUT2D eigenvalue weighted by molar-refractivity contribution is 0.132. The van der Waals surface area contributed by atoms with E-state index in [1.165, 1.54) is 77.5 Å². The minimum absolute atomic E-state index is 0.808. The first-order chi connectivity index (χ1) is 13.0. The molecule has 0 atom stereocenters. The molecule has 0 bridgehead atoms. The first-order valence-electron chi connectivity index (χ1n) is 11.7. The van der Waals surface area contributed by atoms with Gasteiger partial charge >= 0.3 is 8.56 Å². The van der Waals surface area contributed by atoms with Crippen molar-refractivity contribution in [2.45, 2.75) is 92.2 Å². The molecule has 5 heteroatoms. The zero-order valence-electron chi connectivity index (χ0n) is 19.5. The highest BCUT2D eigenvalue weighted by Crippen LogP contribution is 2.08. The van der Waals surface area contributed by atoms with E-state index in [9.17, 15) is 0 Å². The first kappa shape index (κ1) is 27.1. The van der Waals surface area contributed by atoms with E-state index >= 15 is 0 Å². The predicted molar refractivity (Wildman–Crippen MR) is 122 cm³/mol. The molecule has 0 aromatic carbocycles. The van der Waals surface area contributed by atoms with Crippen LogP contribution in [0.2, 0.25) is 13.1 Å². The molecule has 0 amide bonds. The summed E-state index contributed by atoms with van der Waals surface area (Å²) in [5.74, 6) is 0. The molecule has 0 aliphatic heterocycles. The summed E-state index contributed by atoms with van der Waals surface area (Å²) in [6.45, 7) is 22.0. The summed E-state index contributed by atoms with van der Waals surface area (Å²) in [5, 5.41) is 0. The van der Waals surface area contributed by atoms with E-state index in [1.807, 2.05) is 0 Å². The summed E-state index contributed by atoms with van der Waals surface area (Å²) in [4.78, 5) is 5.13. The van der Waals surface area contributed by atoms with E-state index < -0.39 is 8.56 Å². The van der Waals surface area contributed by atoms with Gasteiger partial charge in [-0.15, -0.1) is 0 Å². The SMILES string of the molecule is CCCCN(CCCC)CCO[Si](C)(C)OCCN(CCCC)CCCC. The summed E-state index contributed by atoms with van der Waals surface area (Å²) in [6.07, 6.45) is 10.2. The minimum Gasteiger partial charge on any atom is -0.393 e. The molecule has 0 saturated carbocycles. The molecule has 164 valence electrons. The molecule has 0 rings (SSSR count). The molecule has 0 spiro atoms. The van der Waals surface area contributed by atoms with Crippen molar-refractivity contribution in [2.24, 2.45) is 0 Å². The molecule has 4 nitrogen and oxygen atoms in total. The molecule has 0 N–H and O–H groups in total. The van der Waals surface area contributed by atoms with Crippen molar-refractivity contribution in [3.63, 3.8) is 0 Å². The van der Waals surface area contributed by atoms with Crippen molar-refractivity contribution in [2.75, 3.05) is 52.5 Å². The van der Waals surface area contributed by atoms with Crippen LogP contribution < -0.4 is 0 Å². The number of rotatable bonds is 20. The monoisotopic (exact) mass is 402 g/mol. The molecular weight excluding hydrogens is 352 g/mol. The quantitative estimate of drug-likeness (QED) is 0.250. The van der Waals surface area contributed by atoms with Gasteiger partial charge in [-0.3, -0.25) is 0 Å². The van der Waals surface area contributed by atoms with Crippen LogP contribution in [0.4, 0.5) is 0 Å². The Labute approximate surface area is 172 Å². The Balaban J connectivity index is 4.13. The summed E-state index contributed by atoms with van der Waals surface area (Å²) < 4.78 is 12.4. The van der Waals surface area contributed by atoms with E-state index in [-0.39, 0.29) is 0 Å². The topological polar surface area (TPSA) is 24.9 Å². The fourth-order valence-corrected chi connectivity index (χ4v) is 4.33. The Kier molecular flexibility index (Phi) is 18.1. The second-order valence-electron chi connectivity index (χ2n) is 8.19. The maximum absolute atomic E-state index is 6.22. The highest BCUT2D eigenvalue weighted by Gasteiger charge is 2.24. The van der Waals surface area contributed by atoms with Gasteiger partial charge in [0.15, 0.2) is 0 Å². The van der Waals surface area contributed by atoms with Crippen LogP contribution in [0.15, 0.2) is 0 Å². The molecule has 0 aliphatic carbocycles. The van der Waals surface area contributed by atoms with Gasteiger partial charge in [0.25, 0.3) is 0 Å². The normalized spacial score (nSPS) is 12.4. The molecule has 0 saturated heterocycles. The molecule has 0 unspecified atom stereocenters. The summed E-state index contributed by atoms with van der Waals surface area (Å²) >= 11 is 0. The smallest absolute Gasteiger partial charge is 0.331 e. The molecule has 0 aromatic rings. The van der Waals surface area contributed by atoms with E-state index in [0.717, 1.165) is 26.3 Å². The maximum Gasteiger partial charge on any atom is 0.331 e. The summed E-state index contributed by atoms with van der Waals surface area (Å²) in [5.41, 5.74) is 0. The van der Waals surface area contributed by atoms with Crippen LogP contribution in [0.3, 0.4) is 0 Å². The molecule has 0 aliphatic rings. The minimum atomic E-state index is -2.02. The third-order valence-electron chi connectivity index (χ3n) is 5.03. The van der Waals surface area contributed by atoms with Gasteiger partial charge in [-0.1, -0.05) is 53.4 Å². The third-order valence-corrected chi connectivity index (χ3v) is 6.82. The van der Waals surface area contributed by atoms with Crippen molar-refractivity contribution < 1.29 is 8.85 Å². The van der Waals surface area contributed by atoms with Crippen LogP contribution in [-0.4, -0.2) is 70.8 Å². The largest absolute Gasteiger partial charge is 0.393 e. The maximum atomic E-state index is 6.22. The number of unbranched alkanes of at least 4 members (excludes halogenated alkanes) is 4. The molecule has 27 heavy (non-hydrogen) atoms. The highest BCUT2D eigenvalue weighted by atomic mass is 28.4. The fourth-order valence-electron chi connectivity index (χ4n) is 3.08. The van der Waals surface area contributed by atoms with Crippen LogP contribution in [-0.2, 0) is 8.85 Å². The average Bonchev–Trinajstić information content (AvgIpc) is 2.65. The molecule has 0 radical (unpaired) electrons. The van der Waals surface area contributed by atoms with E-state index in [0.29, 0.717) is 0 Å². The van der Waals surface area contributed by atoms with Crippen molar-refractivity contribution in [1.29, 1.82) is 0 Å². The van der Waals surface area contributed by atoms with E-state index in [1.54, 1.807) is 0 Å². The second-order valence-corrected chi connectivity index (χ2v) is 11.6. The Morgan fingerprint density at radius 2 is 0.815 bits per heavy atom. The van der Waals surface area contributed by atoms with Crippen molar-refractivity contribution in [3.05, 3.63) is 0 Å². The van der Waals surface area contributed by atoms with Crippen molar-refractivity contribution in [3.8, 4) is 0 Å². The van der Waals surface area contributed by atoms with E-state index in [4.69, 9.17) is 8.85 Å². The lowest BCUT2D eigenvalue weighted by atomic mass is 10.2. The van der Waals surface area contributed by atoms with Crippen LogP contribution in [0, 0.1) is 0 Å². The van der Waals surface area contributed by atoms with Gasteiger partial charge < -0.3 is 18.7 Å². The molecular formula is C22H50N2O2Si. The number of hydrogen-bond donors (Lipinski definition) is 0. The van der Waals surface area contributed by atoms with Gasteiger partial charge in [0.05, 0.1) is 0 Å². The van der Waals surface area contributed by atoms with Gasteiger partial charge in [-0.25, -0.2) is 0 Å². The average molecular weight is 403 g/mol. The number of hydrogen-bond acceptors (Lipinski definition) is 4. The summed E-state index contributed by atoms with van der Waals surface area (Å²) in [7, 11) is -2.02. The van der Waals surface area contributed by atoms with Gasteiger partial charge in [0.2, 0.25) is 0 Å². The van der Waals surface area contributed by atoms with E-state index in [2.05, 4.69) is 50.6 Å². The molecule has 0 heterocycles. The second kappa shape index (κ2) is 18.1. The zero-order chi connectivity index (χ0) is 20.4.